The van der Waals surface area contributed by atoms with Gasteiger partial charge in [0.25, 0.3) is 0 Å². The van der Waals surface area contributed by atoms with Crippen LogP contribution < -0.4 is 4.90 Å². The van der Waals surface area contributed by atoms with E-state index in [1.54, 1.807) is 0 Å². The largest absolute Gasteiger partial charge is 0.479 e. The summed E-state index contributed by atoms with van der Waals surface area (Å²) in [4.78, 5) is 22.7. The molecule has 2 aliphatic rings. The van der Waals surface area contributed by atoms with Crippen LogP contribution in [0.1, 0.15) is 99.8 Å². The summed E-state index contributed by atoms with van der Waals surface area (Å²) in [5, 5.41) is 15.1. The fourth-order valence-electron chi connectivity index (χ4n) is 6.77. The van der Waals surface area contributed by atoms with E-state index in [1.807, 2.05) is 32.4 Å². The van der Waals surface area contributed by atoms with Crippen molar-refractivity contribution in [2.75, 3.05) is 24.5 Å². The standard InChI is InChI=1S/C36H51N5O3/c1-10-41-22-29(23(2)38-41)21-39-16-13-26-19-27(11-12-28(26)20-39)30-24(3)37-25(4)31(33(34(42)43)44-35(5,6)7)32(30)40-17-14-36(8,9)15-18-40/h11-12,19,22,33H,10,13-18,20-21H2,1-9H3,(H,42,43). The number of carbonyl (C=O) groups is 1. The summed E-state index contributed by atoms with van der Waals surface area (Å²) in [6, 6.07) is 6.80. The first-order valence-electron chi connectivity index (χ1n) is 16.2. The van der Waals surface area contributed by atoms with E-state index in [9.17, 15) is 9.90 Å². The van der Waals surface area contributed by atoms with Gasteiger partial charge in [0, 0.05) is 73.5 Å². The first-order valence-corrected chi connectivity index (χ1v) is 16.2. The number of fused-ring (bicyclic) bond motifs is 1. The molecule has 2 aliphatic heterocycles. The molecule has 8 nitrogen and oxygen atoms in total. The van der Waals surface area contributed by atoms with E-state index in [-0.39, 0.29) is 5.41 Å². The van der Waals surface area contributed by atoms with Gasteiger partial charge < -0.3 is 14.7 Å². The summed E-state index contributed by atoms with van der Waals surface area (Å²) in [7, 11) is 0. The van der Waals surface area contributed by atoms with Gasteiger partial charge in [-0.2, -0.15) is 5.10 Å². The van der Waals surface area contributed by atoms with Gasteiger partial charge >= 0.3 is 5.97 Å². The predicted molar refractivity (Wildman–Crippen MR) is 176 cm³/mol. The SMILES string of the molecule is CCn1cc(CN2CCc3cc(-c4c(C)nc(C)c(C(OC(C)(C)C)C(=O)O)c4N4CCC(C)(C)CC4)ccc3C2)c(C)n1. The highest BCUT2D eigenvalue weighted by Crippen LogP contribution is 2.45. The molecule has 1 fully saturated rings. The van der Waals surface area contributed by atoms with Crippen molar-refractivity contribution < 1.29 is 14.6 Å². The highest BCUT2D eigenvalue weighted by atomic mass is 16.5. The quantitative estimate of drug-likeness (QED) is 0.297. The van der Waals surface area contributed by atoms with Crippen LogP contribution in [0.4, 0.5) is 5.69 Å². The summed E-state index contributed by atoms with van der Waals surface area (Å²) >= 11 is 0. The maximum atomic E-state index is 12.8. The molecular weight excluding hydrogens is 550 g/mol. The first kappa shape index (κ1) is 32.2. The Labute approximate surface area is 263 Å². The Hall–Kier alpha value is -3.23. The lowest BCUT2D eigenvalue weighted by Gasteiger charge is -2.41. The topological polar surface area (TPSA) is 83.7 Å². The van der Waals surface area contributed by atoms with Crippen LogP contribution >= 0.6 is 0 Å². The Morgan fingerprint density at radius 3 is 2.36 bits per heavy atom. The normalized spacial score (nSPS) is 17.9. The molecule has 0 amide bonds. The molecule has 1 atom stereocenters. The minimum atomic E-state index is -1.11. The zero-order chi connectivity index (χ0) is 32.0. The molecule has 3 aromatic rings. The summed E-state index contributed by atoms with van der Waals surface area (Å²) < 4.78 is 8.28. The molecule has 2 aromatic heterocycles. The van der Waals surface area contributed by atoms with E-state index < -0.39 is 17.7 Å². The summed E-state index contributed by atoms with van der Waals surface area (Å²) in [5.41, 5.74) is 10.2. The molecule has 1 saturated heterocycles. The number of hydrogen-bond donors (Lipinski definition) is 1. The van der Waals surface area contributed by atoms with Crippen molar-refractivity contribution in [1.29, 1.82) is 0 Å². The van der Waals surface area contributed by atoms with Crippen molar-refractivity contribution in [2.24, 2.45) is 5.41 Å². The lowest BCUT2D eigenvalue weighted by atomic mass is 9.81. The number of aromatic nitrogens is 3. The molecular formula is C36H51N5O3. The average Bonchev–Trinajstić information content (AvgIpc) is 3.30. The summed E-state index contributed by atoms with van der Waals surface area (Å²) in [5.74, 6) is -0.983. The van der Waals surface area contributed by atoms with Crippen LogP contribution in [0.15, 0.2) is 24.4 Å². The Morgan fingerprint density at radius 2 is 1.75 bits per heavy atom. The van der Waals surface area contributed by atoms with Gasteiger partial charge in [-0.3, -0.25) is 14.6 Å². The number of anilines is 1. The highest BCUT2D eigenvalue weighted by molar-refractivity contribution is 5.88. The second-order valence-corrected chi connectivity index (χ2v) is 14.6. The number of rotatable bonds is 8. The minimum absolute atomic E-state index is 0.257. The summed E-state index contributed by atoms with van der Waals surface area (Å²) in [6.45, 7) is 24.0. The van der Waals surface area contributed by atoms with Crippen LogP contribution in [-0.2, 0) is 35.6 Å². The van der Waals surface area contributed by atoms with Crippen molar-refractivity contribution in [2.45, 2.75) is 113 Å². The molecule has 5 rings (SSSR count). The number of carboxylic acid groups (broad SMARTS) is 1. The van der Waals surface area contributed by atoms with Crippen LogP contribution in [0.3, 0.4) is 0 Å². The zero-order valence-corrected chi connectivity index (χ0v) is 28.3. The van der Waals surface area contributed by atoms with Crippen molar-refractivity contribution in [3.8, 4) is 11.1 Å². The lowest BCUT2D eigenvalue weighted by molar-refractivity contribution is -0.160. The number of piperidine rings is 1. The van der Waals surface area contributed by atoms with Gasteiger partial charge in [0.1, 0.15) is 0 Å². The number of aliphatic carboxylic acids is 1. The van der Waals surface area contributed by atoms with E-state index in [0.29, 0.717) is 5.56 Å². The number of aryl methyl sites for hydroxylation is 4. The number of pyridine rings is 1. The van der Waals surface area contributed by atoms with Crippen molar-refractivity contribution in [3.63, 3.8) is 0 Å². The van der Waals surface area contributed by atoms with E-state index in [4.69, 9.17) is 9.72 Å². The molecule has 1 N–H and O–H groups in total. The van der Waals surface area contributed by atoms with Crippen molar-refractivity contribution in [3.05, 3.63) is 63.7 Å². The fourth-order valence-corrected chi connectivity index (χ4v) is 6.77. The fraction of sp³-hybridized carbons (Fsp3) is 0.583. The number of nitrogens with zero attached hydrogens (tertiary/aromatic N) is 5. The second-order valence-electron chi connectivity index (χ2n) is 14.6. The molecule has 8 heteroatoms. The van der Waals surface area contributed by atoms with Gasteiger partial charge in [0.2, 0.25) is 0 Å². The maximum absolute atomic E-state index is 12.8. The van der Waals surface area contributed by atoms with Gasteiger partial charge in [-0.25, -0.2) is 4.79 Å². The molecule has 238 valence electrons. The average molecular weight is 602 g/mol. The van der Waals surface area contributed by atoms with Crippen LogP contribution in [-0.4, -0.2) is 56.0 Å². The third-order valence-corrected chi connectivity index (χ3v) is 9.32. The molecule has 0 aliphatic carbocycles. The molecule has 0 bridgehead atoms. The number of carboxylic acids is 1. The lowest BCUT2D eigenvalue weighted by Crippen LogP contribution is -2.39. The van der Waals surface area contributed by atoms with E-state index in [2.05, 4.69) is 73.9 Å². The first-order chi connectivity index (χ1) is 20.7. The smallest absolute Gasteiger partial charge is 0.337 e. The third kappa shape index (κ3) is 6.86. The van der Waals surface area contributed by atoms with Crippen LogP contribution in [0.2, 0.25) is 0 Å². The predicted octanol–water partition coefficient (Wildman–Crippen LogP) is 7.02. The molecule has 0 saturated carbocycles. The van der Waals surface area contributed by atoms with Crippen LogP contribution in [0.5, 0.6) is 0 Å². The maximum Gasteiger partial charge on any atom is 0.337 e. The van der Waals surface area contributed by atoms with Crippen LogP contribution in [0.25, 0.3) is 11.1 Å². The Bertz CT molecular complexity index is 1520. The number of hydrogen-bond acceptors (Lipinski definition) is 6. The summed E-state index contributed by atoms with van der Waals surface area (Å²) in [6.07, 6.45) is 4.11. The molecule has 1 unspecified atom stereocenters. The number of ether oxygens (including phenoxy) is 1. The molecule has 0 spiro atoms. The van der Waals surface area contributed by atoms with Crippen LogP contribution in [0, 0.1) is 26.2 Å². The Kier molecular flexibility index (Phi) is 8.98. The molecule has 0 radical (unpaired) electrons. The highest BCUT2D eigenvalue weighted by Gasteiger charge is 2.36. The van der Waals surface area contributed by atoms with Gasteiger partial charge in [0.05, 0.1) is 17.0 Å². The van der Waals surface area contributed by atoms with Crippen molar-refractivity contribution >= 4 is 11.7 Å². The van der Waals surface area contributed by atoms with Gasteiger partial charge in [-0.15, -0.1) is 0 Å². The number of benzene rings is 1. The van der Waals surface area contributed by atoms with E-state index in [1.165, 1.54) is 16.7 Å². The van der Waals surface area contributed by atoms with Crippen molar-refractivity contribution in [1.82, 2.24) is 19.7 Å². The van der Waals surface area contributed by atoms with E-state index >= 15 is 0 Å². The zero-order valence-electron chi connectivity index (χ0n) is 28.3. The van der Waals surface area contributed by atoms with E-state index in [0.717, 1.165) is 92.4 Å². The third-order valence-electron chi connectivity index (χ3n) is 9.32. The minimum Gasteiger partial charge on any atom is -0.479 e. The molecule has 4 heterocycles. The second kappa shape index (κ2) is 12.3. The Morgan fingerprint density at radius 1 is 1.05 bits per heavy atom. The molecule has 44 heavy (non-hydrogen) atoms. The van der Waals surface area contributed by atoms with Gasteiger partial charge in [-0.1, -0.05) is 32.0 Å². The monoisotopic (exact) mass is 601 g/mol. The van der Waals surface area contributed by atoms with Gasteiger partial charge in [0.15, 0.2) is 6.10 Å². The Balaban J connectivity index is 1.56. The molecule has 1 aromatic carbocycles. The van der Waals surface area contributed by atoms with Gasteiger partial charge in [-0.05, 0) is 89.8 Å².